The molecule has 6 rings (SSSR count). The molecule has 3 aliphatic rings. The molecule has 9 nitrogen and oxygen atoms in total. The Morgan fingerprint density at radius 1 is 1.32 bits per heavy atom. The van der Waals surface area contributed by atoms with Gasteiger partial charge in [-0.05, 0) is 82.7 Å². The highest BCUT2D eigenvalue weighted by Crippen LogP contribution is 2.55. The number of rotatable bonds is 5. The lowest BCUT2D eigenvalue weighted by Gasteiger charge is -2.51. The number of hydrogen-bond acceptors (Lipinski definition) is 7. The Bertz CT molecular complexity index is 1330. The van der Waals surface area contributed by atoms with Crippen molar-refractivity contribution in [2.24, 2.45) is 5.92 Å². The van der Waals surface area contributed by atoms with Crippen molar-refractivity contribution in [3.8, 4) is 5.75 Å². The zero-order valence-corrected chi connectivity index (χ0v) is 22.0. The summed E-state index contributed by atoms with van der Waals surface area (Å²) in [6.07, 6.45) is 8.26. The Balaban J connectivity index is 1.16. The number of pyridine rings is 1. The summed E-state index contributed by atoms with van der Waals surface area (Å²) in [5.74, 6) is 1.12. The number of hydrogen-bond donors (Lipinski definition) is 1. The first-order valence-electron chi connectivity index (χ1n) is 13.3. The quantitative estimate of drug-likeness (QED) is 0.530. The van der Waals surface area contributed by atoms with Gasteiger partial charge in [0.15, 0.2) is 0 Å². The standard InChI is InChI=1S/C28H35N5O4/c1-17(36-19-7-8-23-21(12-19)20-9-11-35-16-18(20)14-29-23)25-15-33(32-31-25)28-10-5-6-22(28)24(13-28)30-26(34)37-27(2,3)4/h7-8,12,14-15,17,22,24H,5-6,9-11,13,16H2,1-4H3,(H,30,34)/t17-,22?,24?,28?/m1/s1. The molecule has 4 atom stereocenters. The molecule has 1 aliphatic heterocycles. The third-order valence-electron chi connectivity index (χ3n) is 8.07. The lowest BCUT2D eigenvalue weighted by Crippen LogP contribution is -2.62. The molecule has 0 saturated heterocycles. The van der Waals surface area contributed by atoms with E-state index in [-0.39, 0.29) is 23.8 Å². The third kappa shape index (κ3) is 4.43. The van der Waals surface area contributed by atoms with Gasteiger partial charge in [0.05, 0.1) is 30.5 Å². The van der Waals surface area contributed by atoms with Crippen molar-refractivity contribution in [2.45, 2.75) is 89.7 Å². The second kappa shape index (κ2) is 8.97. The second-order valence-corrected chi connectivity index (χ2v) is 11.7. The van der Waals surface area contributed by atoms with E-state index in [4.69, 9.17) is 14.2 Å². The van der Waals surface area contributed by atoms with Crippen LogP contribution in [0.1, 0.15) is 76.3 Å². The van der Waals surface area contributed by atoms with E-state index in [1.165, 1.54) is 5.56 Å². The third-order valence-corrected chi connectivity index (χ3v) is 8.07. The molecular formula is C28H35N5O4. The first-order valence-corrected chi connectivity index (χ1v) is 13.3. The van der Waals surface area contributed by atoms with Crippen molar-refractivity contribution in [3.05, 3.63) is 47.4 Å². The lowest BCUT2D eigenvalue weighted by molar-refractivity contribution is 0.000184. The van der Waals surface area contributed by atoms with Gasteiger partial charge in [-0.2, -0.15) is 0 Å². The topological polar surface area (TPSA) is 100 Å². The van der Waals surface area contributed by atoms with Gasteiger partial charge in [-0.25, -0.2) is 9.48 Å². The molecular weight excluding hydrogens is 470 g/mol. The lowest BCUT2D eigenvalue weighted by atomic mass is 9.65. The molecule has 37 heavy (non-hydrogen) atoms. The molecule has 3 unspecified atom stereocenters. The number of amides is 1. The highest BCUT2D eigenvalue weighted by molar-refractivity contribution is 5.84. The van der Waals surface area contributed by atoms with Gasteiger partial charge in [0, 0.05) is 23.5 Å². The Kier molecular flexibility index (Phi) is 5.86. The zero-order chi connectivity index (χ0) is 25.8. The first-order chi connectivity index (χ1) is 17.7. The number of carbonyl (C=O) groups excluding carboxylic acids is 1. The summed E-state index contributed by atoms with van der Waals surface area (Å²) in [5.41, 5.74) is 3.61. The van der Waals surface area contributed by atoms with Gasteiger partial charge in [0.25, 0.3) is 0 Å². The Hall–Kier alpha value is -3.20. The molecule has 9 heteroatoms. The van der Waals surface area contributed by atoms with E-state index in [2.05, 4.69) is 26.7 Å². The van der Waals surface area contributed by atoms with Gasteiger partial charge in [0.1, 0.15) is 23.1 Å². The number of benzene rings is 1. The normalized spacial score (nSPS) is 25.6. The van der Waals surface area contributed by atoms with Crippen LogP contribution < -0.4 is 10.1 Å². The molecule has 1 amide bonds. The van der Waals surface area contributed by atoms with Crippen LogP contribution in [0.5, 0.6) is 5.75 Å². The summed E-state index contributed by atoms with van der Waals surface area (Å²) < 4.78 is 19.4. The van der Waals surface area contributed by atoms with E-state index >= 15 is 0 Å². The molecule has 3 heterocycles. The fraction of sp³-hybridized carbons (Fsp3) is 0.571. The van der Waals surface area contributed by atoms with Crippen LogP contribution in [-0.4, -0.2) is 44.3 Å². The molecule has 1 aromatic carbocycles. The number of nitrogens with zero attached hydrogens (tertiary/aromatic N) is 4. The van der Waals surface area contributed by atoms with E-state index in [0.29, 0.717) is 12.5 Å². The van der Waals surface area contributed by atoms with Crippen LogP contribution in [-0.2, 0) is 28.0 Å². The average molecular weight is 506 g/mol. The Morgan fingerprint density at radius 3 is 3.03 bits per heavy atom. The fourth-order valence-corrected chi connectivity index (χ4v) is 6.32. The Morgan fingerprint density at radius 2 is 2.19 bits per heavy atom. The molecule has 2 saturated carbocycles. The van der Waals surface area contributed by atoms with Gasteiger partial charge in [-0.1, -0.05) is 11.6 Å². The monoisotopic (exact) mass is 505 g/mol. The summed E-state index contributed by atoms with van der Waals surface area (Å²) in [6.45, 7) is 8.98. The molecule has 3 aromatic rings. The minimum absolute atomic E-state index is 0.0968. The summed E-state index contributed by atoms with van der Waals surface area (Å²) in [7, 11) is 0. The van der Waals surface area contributed by atoms with Crippen molar-refractivity contribution in [2.75, 3.05) is 6.61 Å². The van der Waals surface area contributed by atoms with Crippen LogP contribution in [0.4, 0.5) is 4.79 Å². The zero-order valence-electron chi connectivity index (χ0n) is 22.0. The van der Waals surface area contributed by atoms with E-state index in [9.17, 15) is 4.79 Å². The molecule has 0 spiro atoms. The predicted molar refractivity (Wildman–Crippen MR) is 137 cm³/mol. The molecule has 0 radical (unpaired) electrons. The number of alkyl carbamates (subject to hydrolysis) is 1. The number of fused-ring (bicyclic) bond motifs is 4. The molecule has 0 bridgehead atoms. The van der Waals surface area contributed by atoms with Gasteiger partial charge in [0.2, 0.25) is 0 Å². The predicted octanol–water partition coefficient (Wildman–Crippen LogP) is 4.83. The van der Waals surface area contributed by atoms with Crippen LogP contribution in [0.15, 0.2) is 30.6 Å². The minimum Gasteiger partial charge on any atom is -0.484 e. The highest BCUT2D eigenvalue weighted by Gasteiger charge is 2.59. The van der Waals surface area contributed by atoms with Crippen LogP contribution >= 0.6 is 0 Å². The van der Waals surface area contributed by atoms with Crippen LogP contribution in [0.25, 0.3) is 10.9 Å². The van der Waals surface area contributed by atoms with Gasteiger partial charge in [-0.3, -0.25) is 4.98 Å². The van der Waals surface area contributed by atoms with E-state index in [1.54, 1.807) is 0 Å². The van der Waals surface area contributed by atoms with Crippen LogP contribution in [0.3, 0.4) is 0 Å². The van der Waals surface area contributed by atoms with Crippen molar-refractivity contribution in [1.82, 2.24) is 25.3 Å². The van der Waals surface area contributed by atoms with Gasteiger partial charge < -0.3 is 19.5 Å². The minimum atomic E-state index is -0.507. The average Bonchev–Trinajstić information content (AvgIpc) is 3.47. The maximum Gasteiger partial charge on any atom is 0.407 e. The Labute approximate surface area is 216 Å². The van der Waals surface area contributed by atoms with E-state index < -0.39 is 5.60 Å². The number of ether oxygens (including phenoxy) is 3. The van der Waals surface area contributed by atoms with Gasteiger partial charge in [-0.15, -0.1) is 5.10 Å². The second-order valence-electron chi connectivity index (χ2n) is 11.7. The smallest absolute Gasteiger partial charge is 0.407 e. The largest absolute Gasteiger partial charge is 0.484 e. The van der Waals surface area contributed by atoms with E-state index in [1.807, 2.05) is 56.9 Å². The molecule has 2 fully saturated rings. The highest BCUT2D eigenvalue weighted by atomic mass is 16.6. The van der Waals surface area contributed by atoms with Crippen LogP contribution in [0, 0.1) is 5.92 Å². The van der Waals surface area contributed by atoms with Crippen LogP contribution in [0.2, 0.25) is 0 Å². The molecule has 2 aliphatic carbocycles. The molecule has 196 valence electrons. The number of nitrogens with one attached hydrogen (secondary N) is 1. The van der Waals surface area contributed by atoms with Crippen molar-refractivity contribution >= 4 is 17.0 Å². The summed E-state index contributed by atoms with van der Waals surface area (Å²) in [5, 5.41) is 13.2. The van der Waals surface area contributed by atoms with Crippen molar-refractivity contribution in [3.63, 3.8) is 0 Å². The maximum atomic E-state index is 12.3. The maximum absolute atomic E-state index is 12.3. The first kappa shape index (κ1) is 24.2. The summed E-state index contributed by atoms with van der Waals surface area (Å²) in [6, 6.07) is 6.16. The molecule has 2 aromatic heterocycles. The SMILES string of the molecule is C[C@@H](Oc1ccc2ncc3c(c2c1)CCOC3)c1cn(C23CCCC2C(NC(=O)OC(C)(C)C)C3)nn1. The number of carbonyl (C=O) groups is 1. The summed E-state index contributed by atoms with van der Waals surface area (Å²) >= 11 is 0. The summed E-state index contributed by atoms with van der Waals surface area (Å²) in [4.78, 5) is 16.9. The fourth-order valence-electron chi connectivity index (χ4n) is 6.32. The van der Waals surface area contributed by atoms with E-state index in [0.717, 1.165) is 66.6 Å². The number of aromatic nitrogens is 4. The van der Waals surface area contributed by atoms with Gasteiger partial charge >= 0.3 is 6.09 Å². The van der Waals surface area contributed by atoms with Crippen molar-refractivity contribution in [1.29, 1.82) is 0 Å². The molecule has 1 N–H and O–H groups in total. The van der Waals surface area contributed by atoms with Crippen molar-refractivity contribution < 1.29 is 19.0 Å².